The van der Waals surface area contributed by atoms with Crippen LogP contribution in [0.1, 0.15) is 63.3 Å². The van der Waals surface area contributed by atoms with Gasteiger partial charge in [0, 0.05) is 31.0 Å². The van der Waals surface area contributed by atoms with Crippen LogP contribution in [-0.2, 0) is 11.3 Å². The molecule has 0 amide bonds. The van der Waals surface area contributed by atoms with Crippen molar-refractivity contribution in [2.75, 3.05) is 13.2 Å². The van der Waals surface area contributed by atoms with Crippen molar-refractivity contribution in [1.29, 1.82) is 5.26 Å². The zero-order valence-corrected chi connectivity index (χ0v) is 14.6. The summed E-state index contributed by atoms with van der Waals surface area (Å²) in [5, 5.41) is 14.4. The fourth-order valence-electron chi connectivity index (χ4n) is 3.99. The van der Waals surface area contributed by atoms with Crippen LogP contribution in [0.5, 0.6) is 0 Å². The number of rotatable bonds is 3. The van der Waals surface area contributed by atoms with Crippen LogP contribution in [-0.4, -0.2) is 39.5 Å². The summed E-state index contributed by atoms with van der Waals surface area (Å²) < 4.78 is 8.18. The van der Waals surface area contributed by atoms with E-state index in [9.17, 15) is 5.26 Å². The zero-order chi connectivity index (χ0) is 16.4. The number of ether oxygens (including phenoxy) is 1. The lowest BCUT2D eigenvalue weighted by molar-refractivity contribution is -0.138. The molecule has 1 spiro atoms. The fourth-order valence-corrected chi connectivity index (χ4v) is 3.99. The number of hydrogen-bond donors (Lipinski definition) is 0. The first-order valence-electron chi connectivity index (χ1n) is 8.88. The topological polar surface area (TPSA) is 54.1 Å². The Labute approximate surface area is 139 Å². The van der Waals surface area contributed by atoms with Crippen molar-refractivity contribution in [3.8, 4) is 6.07 Å². The molecule has 0 radical (unpaired) electrons. The van der Waals surface area contributed by atoms with Crippen molar-refractivity contribution in [1.82, 2.24) is 14.7 Å². The first-order valence-corrected chi connectivity index (χ1v) is 8.88. The molecule has 23 heavy (non-hydrogen) atoms. The van der Waals surface area contributed by atoms with Crippen LogP contribution in [0.4, 0.5) is 0 Å². The molecule has 2 aliphatic heterocycles. The van der Waals surface area contributed by atoms with E-state index in [1.165, 1.54) is 12.0 Å². The maximum absolute atomic E-state index is 9.83. The van der Waals surface area contributed by atoms with Crippen molar-refractivity contribution < 1.29 is 4.74 Å². The highest BCUT2D eigenvalue weighted by Gasteiger charge is 2.46. The monoisotopic (exact) mass is 316 g/mol. The first kappa shape index (κ1) is 16.5. The van der Waals surface area contributed by atoms with E-state index in [1.807, 2.05) is 4.68 Å². The zero-order valence-electron chi connectivity index (χ0n) is 14.6. The predicted octanol–water partition coefficient (Wildman–Crippen LogP) is 3.20. The molecule has 0 saturated carbocycles. The SMILES string of the molecule is Cc1nn(C(C)C)cc1CN1CCC[C@@]2(CCCCO2)[C@@H]1C#N. The molecular formula is C18H28N4O. The second kappa shape index (κ2) is 6.62. The molecule has 3 rings (SSSR count). The Kier molecular flexibility index (Phi) is 4.74. The number of aromatic nitrogens is 2. The molecule has 0 aliphatic carbocycles. The van der Waals surface area contributed by atoms with Gasteiger partial charge in [-0.1, -0.05) is 0 Å². The summed E-state index contributed by atoms with van der Waals surface area (Å²) in [5.41, 5.74) is 2.05. The molecule has 0 N–H and O–H groups in total. The third kappa shape index (κ3) is 3.15. The Balaban J connectivity index is 1.80. The minimum absolute atomic E-state index is 0.140. The summed E-state index contributed by atoms with van der Waals surface area (Å²) in [6, 6.07) is 2.78. The lowest BCUT2D eigenvalue weighted by atomic mass is 9.79. The normalized spacial score (nSPS) is 29.1. The van der Waals surface area contributed by atoms with Gasteiger partial charge in [-0.05, 0) is 59.4 Å². The highest BCUT2D eigenvalue weighted by Crippen LogP contribution is 2.39. The van der Waals surface area contributed by atoms with E-state index in [0.717, 1.165) is 51.1 Å². The summed E-state index contributed by atoms with van der Waals surface area (Å²) in [5.74, 6) is 0. The van der Waals surface area contributed by atoms with E-state index in [4.69, 9.17) is 4.74 Å². The molecule has 0 unspecified atom stereocenters. The van der Waals surface area contributed by atoms with E-state index in [2.05, 4.69) is 43.0 Å². The summed E-state index contributed by atoms with van der Waals surface area (Å²) in [6.45, 7) is 8.90. The van der Waals surface area contributed by atoms with Gasteiger partial charge in [-0.15, -0.1) is 0 Å². The summed E-state index contributed by atoms with van der Waals surface area (Å²) in [4.78, 5) is 2.31. The van der Waals surface area contributed by atoms with Crippen molar-refractivity contribution in [3.05, 3.63) is 17.5 Å². The minimum atomic E-state index is -0.243. The number of hydrogen-bond acceptors (Lipinski definition) is 4. The second-order valence-corrected chi connectivity index (χ2v) is 7.29. The van der Waals surface area contributed by atoms with Gasteiger partial charge in [0.15, 0.2) is 0 Å². The largest absolute Gasteiger partial charge is 0.372 e. The molecular weight excluding hydrogens is 288 g/mol. The van der Waals surface area contributed by atoms with Gasteiger partial charge < -0.3 is 4.74 Å². The van der Waals surface area contributed by atoms with Gasteiger partial charge in [-0.3, -0.25) is 9.58 Å². The van der Waals surface area contributed by atoms with Crippen molar-refractivity contribution in [3.63, 3.8) is 0 Å². The van der Waals surface area contributed by atoms with Crippen LogP contribution in [0.3, 0.4) is 0 Å². The molecule has 2 aliphatic rings. The van der Waals surface area contributed by atoms with Gasteiger partial charge in [-0.25, -0.2) is 0 Å². The van der Waals surface area contributed by atoms with Crippen LogP contribution in [0.2, 0.25) is 0 Å². The van der Waals surface area contributed by atoms with Crippen LogP contribution in [0.25, 0.3) is 0 Å². The maximum Gasteiger partial charge on any atom is 0.127 e. The molecule has 5 nitrogen and oxygen atoms in total. The first-order chi connectivity index (χ1) is 11.1. The lowest BCUT2D eigenvalue weighted by Gasteiger charge is -2.48. The number of piperidine rings is 1. The molecule has 2 saturated heterocycles. The standard InChI is InChI=1S/C18H28N4O/c1-14(2)22-13-16(15(3)20-22)12-21-9-6-8-18(17(21)11-19)7-4-5-10-23-18/h13-14,17H,4-10,12H2,1-3H3/t17-,18-/m0/s1. The molecule has 1 aromatic heterocycles. The second-order valence-electron chi connectivity index (χ2n) is 7.29. The van der Waals surface area contributed by atoms with E-state index in [1.54, 1.807) is 0 Å². The van der Waals surface area contributed by atoms with Crippen LogP contribution >= 0.6 is 0 Å². The number of nitrogens with zero attached hydrogens (tertiary/aromatic N) is 4. The van der Waals surface area contributed by atoms with Crippen molar-refractivity contribution in [2.45, 2.75) is 77.1 Å². The van der Waals surface area contributed by atoms with E-state index in [-0.39, 0.29) is 11.6 Å². The summed E-state index contributed by atoms with van der Waals surface area (Å²) in [6.07, 6.45) is 7.58. The average Bonchev–Trinajstić information content (AvgIpc) is 2.90. The smallest absolute Gasteiger partial charge is 0.127 e. The van der Waals surface area contributed by atoms with Gasteiger partial charge in [0.25, 0.3) is 0 Å². The fraction of sp³-hybridized carbons (Fsp3) is 0.778. The molecule has 0 bridgehead atoms. The van der Waals surface area contributed by atoms with Crippen LogP contribution in [0, 0.1) is 18.3 Å². The molecule has 2 fully saturated rings. The Bertz CT molecular complexity index is 575. The van der Waals surface area contributed by atoms with Gasteiger partial charge in [-0.2, -0.15) is 10.4 Å². The molecule has 126 valence electrons. The third-order valence-corrected chi connectivity index (χ3v) is 5.34. The summed E-state index contributed by atoms with van der Waals surface area (Å²) in [7, 11) is 0. The van der Waals surface area contributed by atoms with Gasteiger partial charge in [0.2, 0.25) is 0 Å². The maximum atomic E-state index is 9.83. The highest BCUT2D eigenvalue weighted by atomic mass is 16.5. The molecule has 5 heteroatoms. The Morgan fingerprint density at radius 2 is 2.17 bits per heavy atom. The molecule has 0 aromatic carbocycles. The Hall–Kier alpha value is -1.38. The number of nitriles is 1. The Morgan fingerprint density at radius 1 is 1.39 bits per heavy atom. The predicted molar refractivity (Wildman–Crippen MR) is 88.9 cm³/mol. The Morgan fingerprint density at radius 3 is 2.78 bits per heavy atom. The molecule has 2 atom stereocenters. The molecule has 1 aromatic rings. The van der Waals surface area contributed by atoms with E-state index < -0.39 is 0 Å². The highest BCUT2D eigenvalue weighted by molar-refractivity contribution is 5.18. The van der Waals surface area contributed by atoms with Gasteiger partial charge >= 0.3 is 0 Å². The van der Waals surface area contributed by atoms with Crippen molar-refractivity contribution in [2.24, 2.45) is 0 Å². The molecule has 3 heterocycles. The third-order valence-electron chi connectivity index (χ3n) is 5.34. The number of likely N-dealkylation sites (tertiary alicyclic amines) is 1. The van der Waals surface area contributed by atoms with Crippen LogP contribution < -0.4 is 0 Å². The minimum Gasteiger partial charge on any atom is -0.372 e. The number of aryl methyl sites for hydroxylation is 1. The van der Waals surface area contributed by atoms with Crippen molar-refractivity contribution >= 4 is 0 Å². The van der Waals surface area contributed by atoms with E-state index >= 15 is 0 Å². The van der Waals surface area contributed by atoms with Gasteiger partial charge in [0.1, 0.15) is 6.04 Å². The van der Waals surface area contributed by atoms with E-state index in [0.29, 0.717) is 6.04 Å². The van der Waals surface area contributed by atoms with Crippen LogP contribution in [0.15, 0.2) is 6.20 Å². The van der Waals surface area contributed by atoms with Gasteiger partial charge in [0.05, 0.1) is 17.4 Å². The quantitative estimate of drug-likeness (QED) is 0.859. The lowest BCUT2D eigenvalue weighted by Crippen LogP contribution is -2.58. The summed E-state index contributed by atoms with van der Waals surface area (Å²) >= 11 is 0. The average molecular weight is 316 g/mol.